The van der Waals surface area contributed by atoms with Gasteiger partial charge >= 0.3 is 0 Å². The van der Waals surface area contributed by atoms with Gasteiger partial charge in [-0.1, -0.05) is 56.3 Å². The highest BCUT2D eigenvalue weighted by atomic mass is 16.5. The Balaban J connectivity index is 2.51. The molecular formula is C26H33NO3. The zero-order valence-electron chi connectivity index (χ0n) is 18.4. The van der Waals surface area contributed by atoms with Crippen molar-refractivity contribution in [1.82, 2.24) is 5.06 Å². The van der Waals surface area contributed by atoms with Gasteiger partial charge in [-0.05, 0) is 71.9 Å². The van der Waals surface area contributed by atoms with Crippen LogP contribution < -0.4 is 4.74 Å². The maximum absolute atomic E-state index is 9.76. The summed E-state index contributed by atoms with van der Waals surface area (Å²) in [6, 6.07) is 15.4. The second kappa shape index (κ2) is 12.0. The van der Waals surface area contributed by atoms with Gasteiger partial charge in [-0.2, -0.15) is 5.06 Å². The van der Waals surface area contributed by atoms with E-state index < -0.39 is 0 Å². The Hall–Kier alpha value is -2.82. The lowest BCUT2D eigenvalue weighted by Crippen LogP contribution is -2.20. The molecule has 30 heavy (non-hydrogen) atoms. The van der Waals surface area contributed by atoms with Crippen molar-refractivity contribution in [2.24, 2.45) is 0 Å². The molecule has 0 amide bonds. The van der Waals surface area contributed by atoms with Crippen LogP contribution in [0.2, 0.25) is 0 Å². The van der Waals surface area contributed by atoms with Crippen molar-refractivity contribution < 1.29 is 15.1 Å². The van der Waals surface area contributed by atoms with E-state index in [0.29, 0.717) is 13.2 Å². The average Bonchev–Trinajstić information content (AvgIpc) is 2.75. The van der Waals surface area contributed by atoms with Crippen molar-refractivity contribution >= 4 is 5.57 Å². The van der Waals surface area contributed by atoms with Crippen LogP contribution >= 0.6 is 0 Å². The van der Waals surface area contributed by atoms with Gasteiger partial charge in [-0.15, -0.1) is 0 Å². The SMILES string of the molecule is C/C=C(\C=C/CC)C(/CC)=C(/c1ccc(O)cc1)c1ccc(OCCN(C)O)cc1. The standard InChI is InChI=1S/C26H33NO3/c1-5-8-9-20(6-2)25(7-3)26(21-10-14-23(28)15-11-21)22-12-16-24(17-13-22)30-19-18-27(4)29/h6,8-17,28-29H,5,7,18-19H2,1-4H3/b9-8-,20-6+,26-25-. The molecule has 160 valence electrons. The lowest BCUT2D eigenvalue weighted by Gasteiger charge is -2.18. The predicted molar refractivity (Wildman–Crippen MR) is 124 cm³/mol. The summed E-state index contributed by atoms with van der Waals surface area (Å²) < 4.78 is 5.71. The monoisotopic (exact) mass is 407 g/mol. The maximum atomic E-state index is 9.76. The first-order chi connectivity index (χ1) is 14.5. The van der Waals surface area contributed by atoms with Crippen molar-refractivity contribution in [3.05, 3.63) is 89.0 Å². The molecule has 0 aliphatic carbocycles. The summed E-state index contributed by atoms with van der Waals surface area (Å²) in [6.07, 6.45) is 8.37. The minimum Gasteiger partial charge on any atom is -0.508 e. The Bertz CT molecular complexity index is 875. The van der Waals surface area contributed by atoms with Crippen LogP contribution in [0.25, 0.3) is 5.57 Å². The lowest BCUT2D eigenvalue weighted by molar-refractivity contribution is -0.0713. The fourth-order valence-electron chi connectivity index (χ4n) is 3.30. The number of hydrogen-bond donors (Lipinski definition) is 2. The van der Waals surface area contributed by atoms with E-state index in [-0.39, 0.29) is 5.75 Å². The summed E-state index contributed by atoms with van der Waals surface area (Å²) in [4.78, 5) is 0. The molecule has 0 atom stereocenters. The molecule has 2 aromatic rings. The van der Waals surface area contributed by atoms with E-state index in [0.717, 1.165) is 40.4 Å². The molecule has 0 saturated heterocycles. The first kappa shape index (κ1) is 23.5. The quantitative estimate of drug-likeness (QED) is 0.363. The van der Waals surface area contributed by atoms with Crippen LogP contribution in [0.15, 0.2) is 77.9 Å². The second-order valence-electron chi connectivity index (χ2n) is 7.06. The predicted octanol–water partition coefficient (Wildman–Crippen LogP) is 6.22. The number of allylic oxidation sites excluding steroid dienone is 5. The van der Waals surface area contributed by atoms with E-state index in [1.54, 1.807) is 19.2 Å². The summed E-state index contributed by atoms with van der Waals surface area (Å²) in [5.41, 5.74) is 5.75. The number of aromatic hydroxyl groups is 1. The van der Waals surface area contributed by atoms with Crippen LogP contribution in [-0.2, 0) is 0 Å². The summed E-state index contributed by atoms with van der Waals surface area (Å²) >= 11 is 0. The normalized spacial score (nSPS) is 13.1. The minimum absolute atomic E-state index is 0.255. The van der Waals surface area contributed by atoms with E-state index in [4.69, 9.17) is 4.74 Å². The van der Waals surface area contributed by atoms with E-state index >= 15 is 0 Å². The number of hydrogen-bond acceptors (Lipinski definition) is 4. The molecule has 0 saturated carbocycles. The van der Waals surface area contributed by atoms with Crippen molar-refractivity contribution in [2.75, 3.05) is 20.2 Å². The lowest BCUT2D eigenvalue weighted by atomic mass is 9.87. The van der Waals surface area contributed by atoms with E-state index in [1.165, 1.54) is 11.1 Å². The Morgan fingerprint density at radius 1 is 1.00 bits per heavy atom. The van der Waals surface area contributed by atoms with Crippen molar-refractivity contribution in [3.63, 3.8) is 0 Å². The van der Waals surface area contributed by atoms with E-state index in [1.807, 2.05) is 24.3 Å². The number of phenols is 1. The number of ether oxygens (including phenoxy) is 1. The Kier molecular flexibility index (Phi) is 9.39. The fraction of sp³-hybridized carbons (Fsp3) is 0.308. The van der Waals surface area contributed by atoms with Crippen molar-refractivity contribution in [3.8, 4) is 11.5 Å². The highest BCUT2D eigenvalue weighted by molar-refractivity contribution is 5.85. The van der Waals surface area contributed by atoms with Gasteiger partial charge in [0.1, 0.15) is 18.1 Å². The van der Waals surface area contributed by atoms with Gasteiger partial charge in [-0.3, -0.25) is 0 Å². The summed E-state index contributed by atoms with van der Waals surface area (Å²) in [7, 11) is 1.60. The Morgan fingerprint density at radius 2 is 1.60 bits per heavy atom. The van der Waals surface area contributed by atoms with Gasteiger partial charge in [0, 0.05) is 7.05 Å². The third-order valence-corrected chi connectivity index (χ3v) is 4.83. The highest BCUT2D eigenvalue weighted by Crippen LogP contribution is 2.34. The zero-order valence-corrected chi connectivity index (χ0v) is 18.4. The topological polar surface area (TPSA) is 52.9 Å². The van der Waals surface area contributed by atoms with Gasteiger partial charge in [0.15, 0.2) is 0 Å². The molecule has 4 nitrogen and oxygen atoms in total. The van der Waals surface area contributed by atoms with Gasteiger partial charge < -0.3 is 15.1 Å². The molecular weight excluding hydrogens is 374 g/mol. The van der Waals surface area contributed by atoms with E-state index in [9.17, 15) is 10.3 Å². The molecule has 2 rings (SSSR count). The molecule has 0 aliphatic rings. The zero-order chi connectivity index (χ0) is 21.9. The minimum atomic E-state index is 0.255. The molecule has 0 bridgehead atoms. The number of benzene rings is 2. The van der Waals surface area contributed by atoms with Crippen LogP contribution in [-0.4, -0.2) is 35.6 Å². The number of nitrogens with zero attached hydrogens (tertiary/aromatic N) is 1. The van der Waals surface area contributed by atoms with Gasteiger partial charge in [0.2, 0.25) is 0 Å². The van der Waals surface area contributed by atoms with Gasteiger partial charge in [0.05, 0.1) is 6.54 Å². The van der Waals surface area contributed by atoms with Crippen LogP contribution in [0.3, 0.4) is 0 Å². The second-order valence-corrected chi connectivity index (χ2v) is 7.06. The molecule has 0 unspecified atom stereocenters. The van der Waals surface area contributed by atoms with Crippen LogP contribution in [0.4, 0.5) is 0 Å². The highest BCUT2D eigenvalue weighted by Gasteiger charge is 2.14. The smallest absolute Gasteiger partial charge is 0.119 e. The number of hydroxylamine groups is 2. The maximum Gasteiger partial charge on any atom is 0.119 e. The summed E-state index contributed by atoms with van der Waals surface area (Å²) in [5, 5.41) is 20.1. The van der Waals surface area contributed by atoms with Crippen LogP contribution in [0, 0.1) is 0 Å². The summed E-state index contributed by atoms with van der Waals surface area (Å²) in [5.74, 6) is 1.02. The number of likely N-dealkylation sites (N-methyl/N-ethyl adjacent to an activating group) is 1. The molecule has 2 N–H and O–H groups in total. The third-order valence-electron chi connectivity index (χ3n) is 4.83. The van der Waals surface area contributed by atoms with E-state index in [2.05, 4.69) is 51.1 Å². The molecule has 0 aromatic heterocycles. The molecule has 0 fully saturated rings. The largest absolute Gasteiger partial charge is 0.508 e. The summed E-state index contributed by atoms with van der Waals surface area (Å²) in [6.45, 7) is 7.22. The van der Waals surface area contributed by atoms with Gasteiger partial charge in [-0.25, -0.2) is 0 Å². The number of rotatable bonds is 10. The molecule has 4 heteroatoms. The third kappa shape index (κ3) is 6.61. The Labute approximate surface area is 180 Å². The first-order valence-electron chi connectivity index (χ1n) is 10.5. The van der Waals surface area contributed by atoms with Crippen molar-refractivity contribution in [1.29, 1.82) is 0 Å². The molecule has 0 radical (unpaired) electrons. The van der Waals surface area contributed by atoms with Gasteiger partial charge in [0.25, 0.3) is 0 Å². The van der Waals surface area contributed by atoms with Crippen molar-refractivity contribution in [2.45, 2.75) is 33.6 Å². The average molecular weight is 408 g/mol. The first-order valence-corrected chi connectivity index (χ1v) is 10.5. The van der Waals surface area contributed by atoms with Crippen LogP contribution in [0.5, 0.6) is 11.5 Å². The molecule has 0 aliphatic heterocycles. The van der Waals surface area contributed by atoms with Crippen LogP contribution in [0.1, 0.15) is 44.7 Å². The molecule has 2 aromatic carbocycles. The Morgan fingerprint density at radius 3 is 2.10 bits per heavy atom. The molecule has 0 heterocycles. The fourth-order valence-corrected chi connectivity index (χ4v) is 3.30. The number of phenolic OH excluding ortho intramolecular Hbond substituents is 1. The molecule has 0 spiro atoms.